The lowest BCUT2D eigenvalue weighted by Gasteiger charge is -2.31. The maximum atomic E-state index is 14.3. The summed E-state index contributed by atoms with van der Waals surface area (Å²) in [6.07, 6.45) is 6.40. The summed E-state index contributed by atoms with van der Waals surface area (Å²) < 4.78 is 0. The summed E-state index contributed by atoms with van der Waals surface area (Å²) in [7, 11) is 0. The first-order chi connectivity index (χ1) is 26.3. The first-order valence-electron chi connectivity index (χ1n) is 19.4. The second kappa shape index (κ2) is 21.3. The van der Waals surface area contributed by atoms with Gasteiger partial charge in [-0.1, -0.05) is 70.2 Å². The van der Waals surface area contributed by atoms with Crippen molar-refractivity contribution in [3.63, 3.8) is 0 Å². The van der Waals surface area contributed by atoms with Gasteiger partial charge in [-0.3, -0.25) is 14.4 Å². The molecule has 1 fully saturated rings. The third kappa shape index (κ3) is 14.1. The number of aromatic nitrogens is 2. The number of aromatic amines is 1. The van der Waals surface area contributed by atoms with Crippen LogP contribution >= 0.6 is 0 Å². The van der Waals surface area contributed by atoms with Gasteiger partial charge in [-0.25, -0.2) is 9.78 Å². The van der Waals surface area contributed by atoms with Crippen LogP contribution in [0.15, 0.2) is 67.1 Å². The fourth-order valence-corrected chi connectivity index (χ4v) is 7.14. The van der Waals surface area contributed by atoms with E-state index in [-0.39, 0.29) is 55.0 Å². The number of H-pyrrole nitrogens is 1. The Morgan fingerprint density at radius 1 is 0.855 bits per heavy atom. The van der Waals surface area contributed by atoms with Gasteiger partial charge >= 0.3 is 5.97 Å². The van der Waals surface area contributed by atoms with Gasteiger partial charge in [0.25, 0.3) is 0 Å². The van der Waals surface area contributed by atoms with Crippen molar-refractivity contribution < 1.29 is 29.4 Å². The van der Waals surface area contributed by atoms with Gasteiger partial charge in [-0.05, 0) is 67.2 Å². The van der Waals surface area contributed by atoms with E-state index in [0.29, 0.717) is 44.7 Å². The zero-order valence-corrected chi connectivity index (χ0v) is 32.5. The van der Waals surface area contributed by atoms with Gasteiger partial charge in [0.05, 0.1) is 18.4 Å². The molecule has 1 aliphatic heterocycles. The third-order valence-corrected chi connectivity index (χ3v) is 9.82. The minimum absolute atomic E-state index is 0.117. The van der Waals surface area contributed by atoms with Gasteiger partial charge in [-0.15, -0.1) is 0 Å². The molecule has 14 heteroatoms. The Bertz CT molecular complexity index is 1640. The molecular weight excluding hydrogens is 701 g/mol. The van der Waals surface area contributed by atoms with Crippen LogP contribution in [0.3, 0.4) is 0 Å². The monoisotopic (exact) mass is 760 g/mol. The van der Waals surface area contributed by atoms with Gasteiger partial charge in [0, 0.05) is 56.5 Å². The van der Waals surface area contributed by atoms with Crippen LogP contribution in [0.5, 0.6) is 5.75 Å². The number of nitrogens with one attached hydrogen (secondary N) is 5. The Labute approximate surface area is 324 Å². The lowest BCUT2D eigenvalue weighted by Crippen LogP contribution is -2.57. The fraction of sp³-hybridized carbons (Fsp3) is 0.537. The van der Waals surface area contributed by atoms with Crippen LogP contribution in [-0.4, -0.2) is 105 Å². The smallest absolute Gasteiger partial charge is 0.326 e. The van der Waals surface area contributed by atoms with Crippen molar-refractivity contribution in [1.82, 2.24) is 36.1 Å². The van der Waals surface area contributed by atoms with E-state index in [1.165, 1.54) is 6.33 Å². The fourth-order valence-electron chi connectivity index (χ4n) is 7.14. The molecule has 6 atom stereocenters. The Kier molecular flexibility index (Phi) is 16.7. The van der Waals surface area contributed by atoms with Crippen LogP contribution in [0.25, 0.3) is 0 Å². The average Bonchev–Trinajstić information content (AvgIpc) is 3.85. The number of benzene rings is 2. The molecule has 0 unspecified atom stereocenters. The topological polar surface area (TPSA) is 215 Å². The number of phenols is 1. The van der Waals surface area contributed by atoms with Crippen LogP contribution in [0.4, 0.5) is 0 Å². The zero-order chi connectivity index (χ0) is 39.9. The molecular formula is C41H60N8O6. The largest absolute Gasteiger partial charge is 0.508 e. The molecule has 0 spiro atoms. The molecule has 9 N–H and O–H groups in total. The van der Waals surface area contributed by atoms with Crippen molar-refractivity contribution in [1.29, 1.82) is 0 Å². The quantitative estimate of drug-likeness (QED) is 0.0749. The Morgan fingerprint density at radius 2 is 1.51 bits per heavy atom. The third-order valence-electron chi connectivity index (χ3n) is 9.82. The molecule has 55 heavy (non-hydrogen) atoms. The first-order valence-corrected chi connectivity index (χ1v) is 19.4. The normalized spacial score (nSPS) is 17.1. The molecule has 2 aromatic carbocycles. The van der Waals surface area contributed by atoms with Gasteiger partial charge in [-0.2, -0.15) is 0 Å². The maximum absolute atomic E-state index is 14.3. The highest BCUT2D eigenvalue weighted by atomic mass is 16.4. The molecule has 4 rings (SSSR count). The Balaban J connectivity index is 1.48. The number of carbonyl (C=O) groups is 4. The lowest BCUT2D eigenvalue weighted by atomic mass is 10.00. The number of nitrogens with zero attached hydrogens (tertiary/aromatic N) is 2. The van der Waals surface area contributed by atoms with Crippen LogP contribution in [0.1, 0.15) is 70.2 Å². The summed E-state index contributed by atoms with van der Waals surface area (Å²) in [5.74, 6) is -1.36. The summed E-state index contributed by atoms with van der Waals surface area (Å²) in [5, 5.41) is 32.4. The van der Waals surface area contributed by atoms with E-state index in [4.69, 9.17) is 5.73 Å². The van der Waals surface area contributed by atoms with E-state index < -0.39 is 36.0 Å². The minimum atomic E-state index is -1.15. The number of carboxylic acid groups (broad SMARTS) is 1. The molecule has 0 aliphatic carbocycles. The highest BCUT2D eigenvalue weighted by Crippen LogP contribution is 2.21. The standard InChI is InChI=1S/C41H60N8O6/c1-26(2)17-30(42)22-44-34(19-29-12-14-33(50)15-13-29)38(51)47-32(18-27(3)4)24-45-35(21-31-23-43-25-46-31)40(53)49-16-8-11-37(49)39(52)48-36(41(54)55)20-28-9-6-5-7-10-28/h5-7,9-10,12-15,23,25-27,30,32,34-37,44-45,50H,8,11,16-22,24,42H2,1-4H3,(H,43,46)(H,47,51)(H,48,52)(H,54,55)/t30-,32-,34-,35-,36-,37-/m0/s1. The molecule has 3 amide bonds. The van der Waals surface area contributed by atoms with E-state index in [1.807, 2.05) is 30.3 Å². The second-order valence-corrected chi connectivity index (χ2v) is 15.6. The predicted octanol–water partition coefficient (Wildman–Crippen LogP) is 2.52. The number of carboxylic acids is 1. The van der Waals surface area contributed by atoms with Crippen LogP contribution < -0.4 is 27.0 Å². The van der Waals surface area contributed by atoms with Crippen molar-refractivity contribution in [3.05, 3.63) is 83.9 Å². The summed E-state index contributed by atoms with van der Waals surface area (Å²) >= 11 is 0. The number of rotatable bonds is 22. The number of amides is 3. The molecule has 1 saturated heterocycles. The van der Waals surface area contributed by atoms with Crippen molar-refractivity contribution in [2.45, 2.75) is 109 Å². The number of hydrogen-bond acceptors (Lipinski definition) is 9. The van der Waals surface area contributed by atoms with Crippen molar-refractivity contribution in [2.75, 3.05) is 19.6 Å². The van der Waals surface area contributed by atoms with Crippen LogP contribution in [-0.2, 0) is 38.4 Å². The highest BCUT2D eigenvalue weighted by molar-refractivity contribution is 5.92. The predicted molar refractivity (Wildman–Crippen MR) is 211 cm³/mol. The molecule has 1 aromatic heterocycles. The van der Waals surface area contributed by atoms with E-state index in [9.17, 15) is 29.4 Å². The molecule has 2 heterocycles. The molecule has 0 bridgehead atoms. The first kappa shape index (κ1) is 42.9. The zero-order valence-electron chi connectivity index (χ0n) is 32.5. The van der Waals surface area contributed by atoms with Crippen molar-refractivity contribution in [3.8, 4) is 5.75 Å². The van der Waals surface area contributed by atoms with Crippen LogP contribution in [0, 0.1) is 11.8 Å². The van der Waals surface area contributed by atoms with E-state index in [1.54, 1.807) is 35.4 Å². The highest BCUT2D eigenvalue weighted by Gasteiger charge is 2.39. The van der Waals surface area contributed by atoms with Crippen LogP contribution in [0.2, 0.25) is 0 Å². The Morgan fingerprint density at radius 3 is 2.15 bits per heavy atom. The summed E-state index contributed by atoms with van der Waals surface area (Å²) in [5.41, 5.74) is 8.76. The summed E-state index contributed by atoms with van der Waals surface area (Å²) in [6, 6.07) is 12.1. The van der Waals surface area contributed by atoms with Gasteiger partial charge in [0.15, 0.2) is 0 Å². The van der Waals surface area contributed by atoms with Gasteiger partial charge in [0.2, 0.25) is 17.7 Å². The number of aromatic hydroxyl groups is 1. The average molecular weight is 761 g/mol. The number of imidazole rings is 1. The lowest BCUT2D eigenvalue weighted by molar-refractivity contribution is -0.144. The number of phenolic OH excluding ortho intramolecular Hbond substituents is 1. The molecule has 0 saturated carbocycles. The van der Waals surface area contributed by atoms with Gasteiger partial charge < -0.3 is 47.1 Å². The van der Waals surface area contributed by atoms with E-state index in [2.05, 4.69) is 58.9 Å². The number of likely N-dealkylation sites (tertiary alicyclic amines) is 1. The summed E-state index contributed by atoms with van der Waals surface area (Å²) in [6.45, 7) is 9.43. The number of aliphatic carboxylic acids is 1. The second-order valence-electron chi connectivity index (χ2n) is 15.6. The van der Waals surface area contributed by atoms with Gasteiger partial charge in [0.1, 0.15) is 17.8 Å². The number of hydrogen-bond donors (Lipinski definition) is 8. The molecule has 0 radical (unpaired) electrons. The SMILES string of the molecule is CC(C)C[C@H](N)CN[C@@H](Cc1ccc(O)cc1)C(=O)N[C@H](CN[C@@H](Cc1cnc[nH]1)C(=O)N1CCC[C@H]1C(=O)N[C@@H](Cc1ccccc1)C(=O)O)CC(C)C. The van der Waals surface area contributed by atoms with E-state index in [0.717, 1.165) is 23.2 Å². The molecule has 14 nitrogen and oxygen atoms in total. The minimum Gasteiger partial charge on any atom is -0.508 e. The molecule has 3 aromatic rings. The molecule has 300 valence electrons. The number of nitrogens with two attached hydrogens (primary N) is 1. The molecule has 1 aliphatic rings. The maximum Gasteiger partial charge on any atom is 0.326 e. The van der Waals surface area contributed by atoms with Crippen molar-refractivity contribution >= 4 is 23.7 Å². The summed E-state index contributed by atoms with van der Waals surface area (Å²) in [4.78, 5) is 62.8. The van der Waals surface area contributed by atoms with E-state index >= 15 is 0 Å². The Hall–Kier alpha value is -4.79. The number of carbonyl (C=O) groups excluding carboxylic acids is 3. The van der Waals surface area contributed by atoms with Crippen molar-refractivity contribution in [2.24, 2.45) is 17.6 Å².